The first-order chi connectivity index (χ1) is 6.62. The Balaban J connectivity index is 3.06. The molecule has 0 bridgehead atoms. The first kappa shape index (κ1) is 12.5. The molecule has 1 atom stereocenters. The molecule has 0 aliphatic heterocycles. The predicted molar refractivity (Wildman–Crippen MR) is 68.9 cm³/mol. The Labute approximate surface area is 95.5 Å². The smallest absolute Gasteiger partial charge is 0.0135 e. The summed E-state index contributed by atoms with van der Waals surface area (Å²) in [5.74, 6) is 0.705. The summed E-state index contributed by atoms with van der Waals surface area (Å²) < 4.78 is 0. The molecule has 0 saturated carbocycles. The van der Waals surface area contributed by atoms with Gasteiger partial charge in [-0.3, -0.25) is 0 Å². The number of hydrogen-bond donors (Lipinski definition) is 0. The number of hydrogen-bond acceptors (Lipinski definition) is 0. The number of allylic oxidation sites excluding steroid dienone is 4. The third-order valence-corrected chi connectivity index (χ3v) is 3.27. The van der Waals surface area contributed by atoms with E-state index in [1.54, 1.807) is 5.57 Å². The van der Waals surface area contributed by atoms with Crippen LogP contribution in [-0.2, 0) is 0 Å². The molecule has 0 heteroatoms. The summed E-state index contributed by atoms with van der Waals surface area (Å²) in [6.45, 7) is 16.2. The zero-order valence-corrected chi connectivity index (χ0v) is 11.4. The summed E-state index contributed by atoms with van der Waals surface area (Å²) in [6.07, 6.45) is 6.06. The highest BCUT2D eigenvalue weighted by molar-refractivity contribution is 5.35. The van der Waals surface area contributed by atoms with Crippen LogP contribution < -0.4 is 0 Å². The van der Waals surface area contributed by atoms with E-state index in [9.17, 15) is 0 Å². The molecular weight excluding hydrogens is 180 g/mol. The molecule has 0 radical (unpaired) electrons. The largest absolute Gasteiger partial charge is 0.0802 e. The van der Waals surface area contributed by atoms with Gasteiger partial charge in [0.25, 0.3) is 0 Å². The van der Waals surface area contributed by atoms with Crippen LogP contribution in [0.4, 0.5) is 0 Å². The Morgan fingerprint density at radius 3 is 1.93 bits per heavy atom. The van der Waals surface area contributed by atoms with Crippen molar-refractivity contribution in [3.63, 3.8) is 0 Å². The van der Waals surface area contributed by atoms with Gasteiger partial charge in [0.1, 0.15) is 0 Å². The van der Waals surface area contributed by atoms with Gasteiger partial charge in [0, 0.05) is 0 Å². The van der Waals surface area contributed by atoms with Crippen LogP contribution in [0, 0.1) is 16.7 Å². The zero-order valence-electron chi connectivity index (χ0n) is 11.4. The maximum atomic E-state index is 2.44. The lowest BCUT2D eigenvalue weighted by Crippen LogP contribution is -2.21. The summed E-state index contributed by atoms with van der Waals surface area (Å²) in [7, 11) is 0. The second-order valence-corrected chi connectivity index (χ2v) is 6.90. The Bertz CT molecular complexity index is 289. The van der Waals surface area contributed by atoms with Crippen molar-refractivity contribution in [1.29, 1.82) is 0 Å². The molecule has 0 aromatic rings. The maximum absolute atomic E-state index is 2.44. The van der Waals surface area contributed by atoms with Crippen LogP contribution in [0.2, 0.25) is 0 Å². The van der Waals surface area contributed by atoms with Gasteiger partial charge in [-0.05, 0) is 28.7 Å². The molecule has 0 nitrogen and oxygen atoms in total. The second kappa shape index (κ2) is 3.81. The summed E-state index contributed by atoms with van der Waals surface area (Å²) in [5, 5.41) is 0. The van der Waals surface area contributed by atoms with Crippen molar-refractivity contribution in [2.24, 2.45) is 16.7 Å². The van der Waals surface area contributed by atoms with E-state index in [1.165, 1.54) is 12.0 Å². The minimum absolute atomic E-state index is 0.288. The maximum Gasteiger partial charge on any atom is -0.0135 e. The topological polar surface area (TPSA) is 0 Å². The van der Waals surface area contributed by atoms with Gasteiger partial charge in [-0.2, -0.15) is 0 Å². The molecule has 0 saturated heterocycles. The van der Waals surface area contributed by atoms with Crippen LogP contribution in [-0.4, -0.2) is 0 Å². The van der Waals surface area contributed by atoms with Crippen molar-refractivity contribution < 1.29 is 0 Å². The lowest BCUT2D eigenvalue weighted by atomic mass is 9.71. The van der Waals surface area contributed by atoms with E-state index in [2.05, 4.69) is 60.6 Å². The highest BCUT2D eigenvalue weighted by atomic mass is 14.3. The van der Waals surface area contributed by atoms with E-state index >= 15 is 0 Å². The van der Waals surface area contributed by atoms with Gasteiger partial charge in [-0.25, -0.2) is 0 Å². The van der Waals surface area contributed by atoms with E-state index in [0.717, 1.165) is 0 Å². The summed E-state index contributed by atoms with van der Waals surface area (Å²) in [5.41, 5.74) is 3.71. The molecule has 0 aromatic carbocycles. The third-order valence-electron chi connectivity index (χ3n) is 3.27. The van der Waals surface area contributed by atoms with E-state index in [-0.39, 0.29) is 5.41 Å². The zero-order chi connectivity index (χ0) is 11.9. The van der Waals surface area contributed by atoms with Crippen molar-refractivity contribution in [3.8, 4) is 0 Å². The van der Waals surface area contributed by atoms with Crippen LogP contribution in [0.5, 0.6) is 0 Å². The summed E-state index contributed by atoms with van der Waals surface area (Å²) >= 11 is 0. The Morgan fingerprint density at radius 1 is 1.00 bits per heavy atom. The highest BCUT2D eigenvalue weighted by Crippen LogP contribution is 2.40. The molecule has 1 unspecified atom stereocenters. The van der Waals surface area contributed by atoms with Crippen molar-refractivity contribution in [1.82, 2.24) is 0 Å². The molecule has 86 valence electrons. The lowest BCUT2D eigenvalue weighted by Gasteiger charge is -2.34. The molecule has 0 heterocycles. The SMILES string of the molecule is CC1CC=C(C(C)(C)C)C=C1C(C)(C)C. The minimum Gasteiger partial charge on any atom is -0.0802 e. The molecule has 1 aliphatic carbocycles. The monoisotopic (exact) mass is 206 g/mol. The molecule has 1 aliphatic rings. The van der Waals surface area contributed by atoms with E-state index < -0.39 is 0 Å². The first-order valence-electron chi connectivity index (χ1n) is 6.05. The normalized spacial score (nSPS) is 23.5. The van der Waals surface area contributed by atoms with Crippen molar-refractivity contribution in [3.05, 3.63) is 23.3 Å². The van der Waals surface area contributed by atoms with E-state index in [4.69, 9.17) is 0 Å². The Morgan fingerprint density at radius 2 is 1.53 bits per heavy atom. The highest BCUT2D eigenvalue weighted by Gasteiger charge is 2.27. The average Bonchev–Trinajstić information content (AvgIpc) is 2.00. The average molecular weight is 206 g/mol. The van der Waals surface area contributed by atoms with Crippen molar-refractivity contribution in [2.45, 2.75) is 54.9 Å². The van der Waals surface area contributed by atoms with Crippen LogP contribution in [0.25, 0.3) is 0 Å². The van der Waals surface area contributed by atoms with Crippen molar-refractivity contribution in [2.75, 3.05) is 0 Å². The van der Waals surface area contributed by atoms with E-state index in [1.807, 2.05) is 0 Å². The fraction of sp³-hybridized carbons (Fsp3) is 0.733. The quantitative estimate of drug-likeness (QED) is 0.525. The molecule has 0 spiro atoms. The van der Waals surface area contributed by atoms with Gasteiger partial charge < -0.3 is 0 Å². The molecule has 1 rings (SSSR count). The summed E-state index contributed by atoms with van der Waals surface area (Å²) in [6, 6.07) is 0. The standard InChI is InChI=1S/C15H26/c1-11-8-9-12(14(2,3)4)10-13(11)15(5,6)7/h9-11H,8H2,1-7H3. The molecule has 0 amide bonds. The van der Waals surface area contributed by atoms with Gasteiger partial charge in [0.2, 0.25) is 0 Å². The van der Waals surface area contributed by atoms with Gasteiger partial charge in [0.15, 0.2) is 0 Å². The van der Waals surface area contributed by atoms with Crippen LogP contribution >= 0.6 is 0 Å². The fourth-order valence-electron chi connectivity index (χ4n) is 2.28. The third kappa shape index (κ3) is 2.96. The molecule has 15 heavy (non-hydrogen) atoms. The molecule has 0 N–H and O–H groups in total. The fourth-order valence-corrected chi connectivity index (χ4v) is 2.28. The molecular formula is C15H26. The number of rotatable bonds is 0. The van der Waals surface area contributed by atoms with Gasteiger partial charge in [0.05, 0.1) is 0 Å². The summed E-state index contributed by atoms with van der Waals surface area (Å²) in [4.78, 5) is 0. The van der Waals surface area contributed by atoms with Gasteiger partial charge in [-0.1, -0.05) is 66.2 Å². The van der Waals surface area contributed by atoms with Gasteiger partial charge in [-0.15, -0.1) is 0 Å². The predicted octanol–water partition coefficient (Wildman–Crippen LogP) is 4.97. The Hall–Kier alpha value is -0.520. The van der Waals surface area contributed by atoms with E-state index in [0.29, 0.717) is 11.3 Å². The second-order valence-electron chi connectivity index (χ2n) is 6.90. The van der Waals surface area contributed by atoms with Gasteiger partial charge >= 0.3 is 0 Å². The Kier molecular flexibility index (Phi) is 3.19. The van der Waals surface area contributed by atoms with Crippen LogP contribution in [0.3, 0.4) is 0 Å². The van der Waals surface area contributed by atoms with Crippen molar-refractivity contribution >= 4 is 0 Å². The minimum atomic E-state index is 0.288. The molecule has 0 fully saturated rings. The van der Waals surface area contributed by atoms with Crippen LogP contribution in [0.1, 0.15) is 54.9 Å². The molecule has 0 aromatic heterocycles. The van der Waals surface area contributed by atoms with Crippen LogP contribution in [0.15, 0.2) is 23.3 Å². The first-order valence-corrected chi connectivity index (χ1v) is 6.05. The lowest BCUT2D eigenvalue weighted by molar-refractivity contribution is 0.420.